The molecule has 3 aromatic rings. The molecule has 0 aliphatic rings. The molecular formula is C17H13ClFN. The summed E-state index contributed by atoms with van der Waals surface area (Å²) in [5, 5.41) is 1.41. The molecule has 2 aromatic carbocycles. The Morgan fingerprint density at radius 1 is 1.05 bits per heavy atom. The van der Waals surface area contributed by atoms with Gasteiger partial charge < -0.3 is 0 Å². The number of aryl methyl sites for hydroxylation is 1. The van der Waals surface area contributed by atoms with Gasteiger partial charge >= 0.3 is 0 Å². The van der Waals surface area contributed by atoms with Crippen molar-refractivity contribution in [1.29, 1.82) is 0 Å². The summed E-state index contributed by atoms with van der Waals surface area (Å²) < 4.78 is 13.4. The maximum absolute atomic E-state index is 13.4. The lowest BCUT2D eigenvalue weighted by Gasteiger charge is -2.12. The minimum atomic E-state index is -0.305. The van der Waals surface area contributed by atoms with Gasteiger partial charge in [-0.05, 0) is 37.1 Å². The normalized spacial score (nSPS) is 11.0. The smallest absolute Gasteiger partial charge is 0.125 e. The monoisotopic (exact) mass is 285 g/mol. The number of hydrogen-bond donors (Lipinski definition) is 0. The number of rotatable bonds is 1. The maximum Gasteiger partial charge on any atom is 0.125 e. The van der Waals surface area contributed by atoms with Crippen molar-refractivity contribution in [3.05, 3.63) is 64.4 Å². The van der Waals surface area contributed by atoms with E-state index in [1.807, 2.05) is 38.1 Å². The molecular weight excluding hydrogens is 273 g/mol. The fraction of sp³-hybridized carbons (Fsp3) is 0.118. The molecule has 0 amide bonds. The third-order valence-electron chi connectivity index (χ3n) is 3.51. The molecule has 1 nitrogen and oxygen atoms in total. The van der Waals surface area contributed by atoms with E-state index < -0.39 is 0 Å². The van der Waals surface area contributed by atoms with Crippen molar-refractivity contribution in [1.82, 2.24) is 4.98 Å². The largest absolute Gasteiger partial charge is 0.247 e. The third kappa shape index (κ3) is 2.06. The number of aromatic nitrogens is 1. The van der Waals surface area contributed by atoms with Crippen LogP contribution in [0.15, 0.2) is 42.5 Å². The topological polar surface area (TPSA) is 12.9 Å². The summed E-state index contributed by atoms with van der Waals surface area (Å²) in [6.45, 7) is 3.97. The van der Waals surface area contributed by atoms with Crippen molar-refractivity contribution in [3.8, 4) is 11.3 Å². The predicted molar refractivity (Wildman–Crippen MR) is 81.6 cm³/mol. The first kappa shape index (κ1) is 13.1. The van der Waals surface area contributed by atoms with Gasteiger partial charge in [0.1, 0.15) is 5.82 Å². The van der Waals surface area contributed by atoms with Crippen LogP contribution in [-0.2, 0) is 0 Å². The van der Waals surface area contributed by atoms with E-state index in [1.54, 1.807) is 6.07 Å². The van der Waals surface area contributed by atoms with Gasteiger partial charge in [0.2, 0.25) is 0 Å². The summed E-state index contributed by atoms with van der Waals surface area (Å²) >= 11 is 6.42. The van der Waals surface area contributed by atoms with Crippen molar-refractivity contribution in [3.63, 3.8) is 0 Å². The highest BCUT2D eigenvalue weighted by Crippen LogP contribution is 2.34. The molecule has 0 atom stereocenters. The number of benzene rings is 2. The highest BCUT2D eigenvalue weighted by atomic mass is 35.5. The van der Waals surface area contributed by atoms with Gasteiger partial charge in [0.15, 0.2) is 0 Å². The van der Waals surface area contributed by atoms with Gasteiger partial charge in [-0.3, -0.25) is 0 Å². The molecule has 20 heavy (non-hydrogen) atoms. The Hall–Kier alpha value is -1.93. The first-order valence-corrected chi connectivity index (χ1v) is 6.77. The lowest BCUT2D eigenvalue weighted by molar-refractivity contribution is 0.629. The number of fused-ring (bicyclic) bond motifs is 1. The van der Waals surface area contributed by atoms with E-state index in [-0.39, 0.29) is 5.82 Å². The average Bonchev–Trinajstić information content (AvgIpc) is 2.43. The van der Waals surface area contributed by atoms with Crippen LogP contribution >= 0.6 is 11.6 Å². The van der Waals surface area contributed by atoms with Gasteiger partial charge in [0.05, 0.1) is 16.2 Å². The summed E-state index contributed by atoms with van der Waals surface area (Å²) in [6.07, 6.45) is 0. The van der Waals surface area contributed by atoms with E-state index in [0.29, 0.717) is 10.5 Å². The average molecular weight is 286 g/mol. The van der Waals surface area contributed by atoms with Gasteiger partial charge in [-0.25, -0.2) is 9.37 Å². The van der Waals surface area contributed by atoms with Crippen LogP contribution in [0.3, 0.4) is 0 Å². The molecule has 0 radical (unpaired) electrons. The van der Waals surface area contributed by atoms with E-state index in [9.17, 15) is 4.39 Å². The molecule has 0 N–H and O–H groups in total. The van der Waals surface area contributed by atoms with E-state index in [4.69, 9.17) is 11.6 Å². The molecule has 0 saturated heterocycles. The van der Waals surface area contributed by atoms with Crippen LogP contribution in [-0.4, -0.2) is 4.98 Å². The summed E-state index contributed by atoms with van der Waals surface area (Å²) in [5.74, 6) is -0.305. The lowest BCUT2D eigenvalue weighted by atomic mass is 10.0. The molecule has 0 aliphatic carbocycles. The quantitative estimate of drug-likeness (QED) is 0.590. The highest BCUT2D eigenvalue weighted by molar-refractivity contribution is 6.36. The second-order valence-electron chi connectivity index (χ2n) is 4.88. The van der Waals surface area contributed by atoms with Crippen LogP contribution in [0.25, 0.3) is 22.2 Å². The fourth-order valence-corrected chi connectivity index (χ4v) is 2.64. The second-order valence-corrected chi connectivity index (χ2v) is 5.25. The fourth-order valence-electron chi connectivity index (χ4n) is 2.39. The number of hydrogen-bond acceptors (Lipinski definition) is 1. The van der Waals surface area contributed by atoms with Gasteiger partial charge in [-0.2, -0.15) is 0 Å². The third-order valence-corrected chi connectivity index (χ3v) is 4.00. The van der Waals surface area contributed by atoms with E-state index in [2.05, 4.69) is 4.98 Å². The molecule has 0 aliphatic heterocycles. The zero-order valence-corrected chi connectivity index (χ0v) is 12.0. The Balaban J connectivity index is 2.37. The van der Waals surface area contributed by atoms with Gasteiger partial charge in [-0.1, -0.05) is 35.9 Å². The van der Waals surface area contributed by atoms with Crippen molar-refractivity contribution >= 4 is 22.5 Å². The van der Waals surface area contributed by atoms with Crippen LogP contribution in [0.2, 0.25) is 5.02 Å². The molecule has 0 bridgehead atoms. The van der Waals surface area contributed by atoms with Gasteiger partial charge in [0, 0.05) is 17.0 Å². The van der Waals surface area contributed by atoms with Crippen molar-refractivity contribution < 1.29 is 4.39 Å². The molecule has 0 spiro atoms. The molecule has 0 unspecified atom stereocenters. The molecule has 0 fully saturated rings. The zero-order valence-electron chi connectivity index (χ0n) is 11.2. The first-order chi connectivity index (χ1) is 9.58. The molecule has 0 saturated carbocycles. The predicted octanol–water partition coefficient (Wildman–Crippen LogP) is 5.31. The van der Waals surface area contributed by atoms with E-state index in [0.717, 1.165) is 27.8 Å². The standard InChI is InChI=1S/C17H13ClFN/c1-10-5-3-4-6-13(10)17-11(2)16(18)14-8-7-12(19)9-15(14)20-17/h3-9H,1-2H3. The minimum Gasteiger partial charge on any atom is -0.247 e. The summed E-state index contributed by atoms with van der Waals surface area (Å²) in [6, 6.07) is 12.5. The van der Waals surface area contributed by atoms with E-state index in [1.165, 1.54) is 12.1 Å². The van der Waals surface area contributed by atoms with Crippen LogP contribution in [0, 0.1) is 19.7 Å². The molecule has 3 heteroatoms. The lowest BCUT2D eigenvalue weighted by Crippen LogP contribution is -1.94. The van der Waals surface area contributed by atoms with Crippen molar-refractivity contribution in [2.45, 2.75) is 13.8 Å². The Morgan fingerprint density at radius 2 is 1.80 bits per heavy atom. The number of halogens is 2. The maximum atomic E-state index is 13.4. The van der Waals surface area contributed by atoms with Gasteiger partial charge in [-0.15, -0.1) is 0 Å². The molecule has 1 heterocycles. The van der Waals surface area contributed by atoms with Crippen LogP contribution in [0.5, 0.6) is 0 Å². The van der Waals surface area contributed by atoms with Crippen LogP contribution < -0.4 is 0 Å². The number of pyridine rings is 1. The Kier molecular flexibility index (Phi) is 3.19. The molecule has 100 valence electrons. The van der Waals surface area contributed by atoms with Gasteiger partial charge in [0.25, 0.3) is 0 Å². The highest BCUT2D eigenvalue weighted by Gasteiger charge is 2.13. The first-order valence-electron chi connectivity index (χ1n) is 6.39. The molecule has 3 rings (SSSR count). The summed E-state index contributed by atoms with van der Waals surface area (Å²) in [4.78, 5) is 4.60. The second kappa shape index (κ2) is 4.88. The minimum absolute atomic E-state index is 0.305. The SMILES string of the molecule is Cc1ccccc1-c1nc2cc(F)ccc2c(Cl)c1C. The Labute approximate surface area is 122 Å². The van der Waals surface area contributed by atoms with Crippen molar-refractivity contribution in [2.24, 2.45) is 0 Å². The Bertz CT molecular complexity index is 811. The van der Waals surface area contributed by atoms with Crippen LogP contribution in [0.1, 0.15) is 11.1 Å². The molecule has 1 aromatic heterocycles. The summed E-state index contributed by atoms with van der Waals surface area (Å²) in [5.41, 5.74) is 4.46. The van der Waals surface area contributed by atoms with E-state index >= 15 is 0 Å². The summed E-state index contributed by atoms with van der Waals surface area (Å²) in [7, 11) is 0. The zero-order chi connectivity index (χ0) is 14.3. The van der Waals surface area contributed by atoms with Crippen LogP contribution in [0.4, 0.5) is 4.39 Å². The number of nitrogens with zero attached hydrogens (tertiary/aromatic N) is 1. The Morgan fingerprint density at radius 3 is 2.55 bits per heavy atom. The van der Waals surface area contributed by atoms with Crippen molar-refractivity contribution in [2.75, 3.05) is 0 Å².